The van der Waals surface area contributed by atoms with Crippen LogP contribution in [0.5, 0.6) is 0 Å². The van der Waals surface area contributed by atoms with Gasteiger partial charge >= 0.3 is 0 Å². The fraction of sp³-hybridized carbons (Fsp3) is 0.833. The van der Waals surface area contributed by atoms with E-state index in [4.69, 9.17) is 6.92 Å². The van der Waals surface area contributed by atoms with Crippen molar-refractivity contribution in [2.45, 2.75) is 32.6 Å². The summed E-state index contributed by atoms with van der Waals surface area (Å²) in [6.45, 7) is 7.39. The maximum Gasteiger partial charge on any atom is -0.0352 e. The molecule has 0 saturated carbocycles. The minimum Gasteiger partial charge on any atom is -0.0654 e. The molecule has 0 unspecified atom stereocenters. The Balaban J connectivity index is 2.34. The first-order chi connectivity index (χ1) is 2.91. The summed E-state index contributed by atoms with van der Waals surface area (Å²) in [4.78, 5) is 0. The van der Waals surface area contributed by atoms with Gasteiger partial charge in [-0.1, -0.05) is 26.2 Å². The summed E-state index contributed by atoms with van der Waals surface area (Å²) in [5.41, 5.74) is 0. The van der Waals surface area contributed by atoms with Crippen LogP contribution in [0.4, 0.5) is 0 Å². The van der Waals surface area contributed by atoms with Crippen molar-refractivity contribution in [3.63, 3.8) is 0 Å². The monoisotopic (exact) mass is 84.1 g/mol. The smallest absolute Gasteiger partial charge is 0.0352 e. The molecule has 36 valence electrons. The topological polar surface area (TPSA) is 0 Å². The molecule has 0 aromatic carbocycles. The van der Waals surface area contributed by atoms with E-state index in [1.807, 2.05) is 0 Å². The molecule has 0 bridgehead atoms. The summed E-state index contributed by atoms with van der Waals surface area (Å²) in [5.74, 6) is 0. The van der Waals surface area contributed by atoms with Crippen LogP contribution in [-0.2, 0) is 0 Å². The average Bonchev–Trinajstić information content (AvgIpc) is 1.61. The minimum atomic E-state index is 0.855. The Kier molecular flexibility index (Phi) is 5.00. The maximum atomic E-state index is 5.21. The maximum absolute atomic E-state index is 5.21. The Labute approximate surface area is 40.6 Å². The zero-order chi connectivity index (χ0) is 4.83. The van der Waals surface area contributed by atoms with Gasteiger partial charge in [0.2, 0.25) is 0 Å². The van der Waals surface area contributed by atoms with Crippen LogP contribution in [0.15, 0.2) is 0 Å². The molecular weight excluding hydrogens is 72.1 g/mol. The van der Waals surface area contributed by atoms with Crippen molar-refractivity contribution in [3.8, 4) is 0 Å². The first-order valence-corrected chi connectivity index (χ1v) is 2.62. The number of unbranched alkanes of at least 4 members (excludes halogenated alkanes) is 3. The second kappa shape index (κ2) is 5.00. The lowest BCUT2D eigenvalue weighted by atomic mass is 10.2. The molecule has 0 amide bonds. The lowest BCUT2D eigenvalue weighted by Crippen LogP contribution is -1.66. The molecule has 0 aliphatic heterocycles. The van der Waals surface area contributed by atoms with Crippen LogP contribution in [-0.4, -0.2) is 0 Å². The lowest BCUT2D eigenvalue weighted by Gasteiger charge is -1.85. The summed E-state index contributed by atoms with van der Waals surface area (Å²) in [6, 6.07) is 0. The zero-order valence-electron chi connectivity index (χ0n) is 4.41. The van der Waals surface area contributed by atoms with Crippen molar-refractivity contribution in [1.82, 2.24) is 0 Å². The quantitative estimate of drug-likeness (QED) is 0.460. The van der Waals surface area contributed by atoms with Crippen molar-refractivity contribution in [3.05, 3.63) is 6.92 Å². The number of hydrogen-bond acceptors (Lipinski definition) is 0. The highest BCUT2D eigenvalue weighted by Gasteiger charge is 1.75. The number of rotatable bonds is 3. The summed E-state index contributed by atoms with van der Waals surface area (Å²) in [7, 11) is 0. The Bertz CT molecular complexity index is 12.0. The van der Waals surface area contributed by atoms with Crippen LogP contribution >= 0.6 is 0 Å². The molecule has 6 heavy (non-hydrogen) atoms. The van der Waals surface area contributed by atoms with Crippen molar-refractivity contribution in [2.24, 2.45) is 0 Å². The molecule has 0 spiro atoms. The molecule has 2 radical (unpaired) electrons. The second-order valence-corrected chi connectivity index (χ2v) is 1.50. The molecule has 0 aliphatic rings. The van der Waals surface area contributed by atoms with Gasteiger partial charge < -0.3 is 0 Å². The van der Waals surface area contributed by atoms with Crippen molar-refractivity contribution in [2.75, 3.05) is 0 Å². The molecule has 0 saturated heterocycles. The molecule has 0 nitrogen and oxygen atoms in total. The highest BCUT2D eigenvalue weighted by atomic mass is 13.8. The molecule has 0 N–H and O–H groups in total. The normalized spacial score (nSPS) is 9.00. The molecule has 0 rings (SSSR count). The molecule has 0 aromatic rings. The van der Waals surface area contributed by atoms with E-state index in [9.17, 15) is 0 Å². The third-order valence-corrected chi connectivity index (χ3v) is 0.808. The third-order valence-electron chi connectivity index (χ3n) is 0.808. The molecule has 0 aliphatic carbocycles. The van der Waals surface area contributed by atoms with Crippen LogP contribution in [0.1, 0.15) is 32.6 Å². The van der Waals surface area contributed by atoms with Crippen LogP contribution in [0.25, 0.3) is 0 Å². The fourth-order valence-corrected chi connectivity index (χ4v) is 0.394. The summed E-state index contributed by atoms with van der Waals surface area (Å²) in [5, 5.41) is 0. The Morgan fingerprint density at radius 1 is 1.33 bits per heavy atom. The summed E-state index contributed by atoms with van der Waals surface area (Å²) < 4.78 is 0. The van der Waals surface area contributed by atoms with Crippen LogP contribution in [0.2, 0.25) is 0 Å². The van der Waals surface area contributed by atoms with E-state index in [2.05, 4.69) is 6.92 Å². The van der Waals surface area contributed by atoms with E-state index in [1.165, 1.54) is 19.3 Å². The highest BCUT2D eigenvalue weighted by Crippen LogP contribution is 1.95. The summed E-state index contributed by atoms with van der Waals surface area (Å²) >= 11 is 0. The third kappa shape index (κ3) is 4.00. The van der Waals surface area contributed by atoms with Gasteiger partial charge in [-0.05, 0) is 13.3 Å². The Morgan fingerprint density at radius 3 is 2.17 bits per heavy atom. The molecule has 0 atom stereocenters. The van der Waals surface area contributed by atoms with Gasteiger partial charge in [0.05, 0.1) is 0 Å². The summed E-state index contributed by atoms with van der Waals surface area (Å²) in [6.07, 6.45) is 4.61. The predicted octanol–water partition coefficient (Wildman–Crippen LogP) is 2.28. The highest BCUT2D eigenvalue weighted by molar-refractivity contribution is 4.38. The first kappa shape index (κ1) is 6.00. The van der Waals surface area contributed by atoms with E-state index >= 15 is 0 Å². The molecule has 0 aromatic heterocycles. The Morgan fingerprint density at radius 2 is 2.00 bits per heavy atom. The first-order valence-electron chi connectivity index (χ1n) is 2.62. The molecule has 0 heterocycles. The van der Waals surface area contributed by atoms with Gasteiger partial charge in [0.1, 0.15) is 0 Å². The van der Waals surface area contributed by atoms with Gasteiger partial charge in [0.15, 0.2) is 0 Å². The van der Waals surface area contributed by atoms with Gasteiger partial charge in [0, 0.05) is 0 Å². The van der Waals surface area contributed by atoms with E-state index in [1.54, 1.807) is 0 Å². The van der Waals surface area contributed by atoms with E-state index < -0.39 is 0 Å². The lowest BCUT2D eigenvalue weighted by molar-refractivity contribution is 0.728. The molecular formula is C6H12. The van der Waals surface area contributed by atoms with Gasteiger partial charge in [-0.25, -0.2) is 0 Å². The Hall–Kier alpha value is 0. The van der Waals surface area contributed by atoms with Gasteiger partial charge in [-0.2, -0.15) is 0 Å². The van der Waals surface area contributed by atoms with Crippen molar-refractivity contribution < 1.29 is 0 Å². The van der Waals surface area contributed by atoms with Crippen LogP contribution in [0.3, 0.4) is 0 Å². The van der Waals surface area contributed by atoms with Crippen molar-refractivity contribution >= 4 is 0 Å². The van der Waals surface area contributed by atoms with Gasteiger partial charge in [0.25, 0.3) is 0 Å². The average molecular weight is 84.2 g/mol. The second-order valence-electron chi connectivity index (χ2n) is 1.50. The predicted molar refractivity (Wildman–Crippen MR) is 28.4 cm³/mol. The van der Waals surface area contributed by atoms with Crippen molar-refractivity contribution in [1.29, 1.82) is 0 Å². The zero-order valence-corrected chi connectivity index (χ0v) is 4.41. The minimum absolute atomic E-state index is 0.855. The van der Waals surface area contributed by atoms with Gasteiger partial charge in [-0.15, -0.1) is 0 Å². The van der Waals surface area contributed by atoms with E-state index in [0.29, 0.717) is 0 Å². The van der Waals surface area contributed by atoms with E-state index in [0.717, 1.165) is 6.42 Å². The van der Waals surface area contributed by atoms with E-state index in [-0.39, 0.29) is 0 Å². The van der Waals surface area contributed by atoms with Crippen LogP contribution in [0, 0.1) is 6.92 Å². The SMILES string of the molecule is [CH]CCCCC. The largest absolute Gasteiger partial charge is 0.0654 e. The molecule has 0 fully saturated rings. The fourth-order valence-electron chi connectivity index (χ4n) is 0.394. The van der Waals surface area contributed by atoms with Crippen LogP contribution < -0.4 is 0 Å². The van der Waals surface area contributed by atoms with Gasteiger partial charge in [-0.3, -0.25) is 0 Å². The molecule has 0 heteroatoms. The number of hydrogen-bond donors (Lipinski definition) is 0. The standard InChI is InChI=1S/C6H12/c1-3-5-6-4-2/h1H,3-6H2,2H3.